The number of carbonyl (C=O) groups excluding carboxylic acids is 2. The molecule has 24 heavy (non-hydrogen) atoms. The number of ketones is 2. The lowest BCUT2D eigenvalue weighted by atomic mass is 10.0. The SMILES string of the molecule is CC(=O)c1cccc(C(=O)c2ccc(Oc3ccccc3)cc2)c1. The Balaban J connectivity index is 1.79. The highest BCUT2D eigenvalue weighted by molar-refractivity contribution is 6.10. The summed E-state index contributed by atoms with van der Waals surface area (Å²) in [4.78, 5) is 24.0. The fourth-order valence-electron chi connectivity index (χ4n) is 2.35. The fraction of sp³-hybridized carbons (Fsp3) is 0.0476. The zero-order valence-corrected chi connectivity index (χ0v) is 13.2. The van der Waals surface area contributed by atoms with Crippen LogP contribution in [0.5, 0.6) is 11.5 Å². The molecule has 0 aromatic heterocycles. The molecule has 3 rings (SSSR count). The Bertz CT molecular complexity index is 865. The van der Waals surface area contributed by atoms with Crippen molar-refractivity contribution in [3.05, 3.63) is 95.6 Å². The standard InChI is InChI=1S/C21H16O3/c1-15(22)17-6-5-7-18(14-17)21(23)16-10-12-20(13-11-16)24-19-8-3-2-4-9-19/h2-14H,1H3. The van der Waals surface area contributed by atoms with Crippen molar-refractivity contribution in [1.82, 2.24) is 0 Å². The second-order valence-corrected chi connectivity index (χ2v) is 5.41. The van der Waals surface area contributed by atoms with Gasteiger partial charge in [-0.3, -0.25) is 9.59 Å². The van der Waals surface area contributed by atoms with Gasteiger partial charge in [0.05, 0.1) is 0 Å². The number of hydrogen-bond acceptors (Lipinski definition) is 3. The first-order valence-corrected chi connectivity index (χ1v) is 7.62. The largest absolute Gasteiger partial charge is 0.457 e. The zero-order valence-electron chi connectivity index (χ0n) is 13.2. The molecule has 0 saturated carbocycles. The summed E-state index contributed by atoms with van der Waals surface area (Å²) in [5.41, 5.74) is 1.58. The van der Waals surface area contributed by atoms with E-state index in [1.165, 1.54) is 6.92 Å². The van der Waals surface area contributed by atoms with Gasteiger partial charge in [-0.1, -0.05) is 36.4 Å². The van der Waals surface area contributed by atoms with Crippen LogP contribution in [-0.2, 0) is 0 Å². The monoisotopic (exact) mass is 316 g/mol. The molecule has 3 aromatic carbocycles. The Morgan fingerprint density at radius 2 is 1.29 bits per heavy atom. The second-order valence-electron chi connectivity index (χ2n) is 5.41. The van der Waals surface area contributed by atoms with Gasteiger partial charge in [0, 0.05) is 16.7 Å². The van der Waals surface area contributed by atoms with Crippen molar-refractivity contribution in [1.29, 1.82) is 0 Å². The lowest BCUT2D eigenvalue weighted by molar-refractivity contribution is 0.101. The van der Waals surface area contributed by atoms with Crippen molar-refractivity contribution in [3.8, 4) is 11.5 Å². The number of Topliss-reactive ketones (excluding diaryl/α,β-unsaturated/α-hetero) is 1. The predicted octanol–water partition coefficient (Wildman–Crippen LogP) is 4.91. The van der Waals surface area contributed by atoms with E-state index < -0.39 is 0 Å². The van der Waals surface area contributed by atoms with Crippen LogP contribution in [0.4, 0.5) is 0 Å². The third-order valence-corrected chi connectivity index (χ3v) is 3.63. The van der Waals surface area contributed by atoms with Crippen molar-refractivity contribution in [2.45, 2.75) is 6.92 Å². The minimum Gasteiger partial charge on any atom is -0.457 e. The van der Waals surface area contributed by atoms with Crippen molar-refractivity contribution in [2.24, 2.45) is 0 Å². The Labute approximate surface area is 140 Å². The van der Waals surface area contributed by atoms with Crippen LogP contribution in [0, 0.1) is 0 Å². The molecule has 3 nitrogen and oxygen atoms in total. The molecule has 0 N–H and O–H groups in total. The number of carbonyl (C=O) groups is 2. The van der Waals surface area contributed by atoms with Gasteiger partial charge in [-0.15, -0.1) is 0 Å². The average Bonchev–Trinajstić information content (AvgIpc) is 2.63. The molecule has 0 aliphatic heterocycles. The summed E-state index contributed by atoms with van der Waals surface area (Å²) in [7, 11) is 0. The quantitative estimate of drug-likeness (QED) is 0.628. The van der Waals surface area contributed by atoms with Gasteiger partial charge < -0.3 is 4.74 Å². The number of benzene rings is 3. The molecule has 0 aliphatic carbocycles. The summed E-state index contributed by atoms with van der Waals surface area (Å²) in [6, 6.07) is 23.2. The summed E-state index contributed by atoms with van der Waals surface area (Å²) in [5.74, 6) is 1.22. The second kappa shape index (κ2) is 6.92. The van der Waals surface area contributed by atoms with Crippen molar-refractivity contribution >= 4 is 11.6 Å². The van der Waals surface area contributed by atoms with Gasteiger partial charge in [-0.25, -0.2) is 0 Å². The van der Waals surface area contributed by atoms with Crippen LogP contribution in [0.15, 0.2) is 78.9 Å². The van der Waals surface area contributed by atoms with Crippen LogP contribution in [0.1, 0.15) is 33.2 Å². The Morgan fingerprint density at radius 3 is 1.96 bits per heavy atom. The third-order valence-electron chi connectivity index (χ3n) is 3.63. The summed E-state index contributed by atoms with van der Waals surface area (Å²) in [6.07, 6.45) is 0. The molecule has 0 amide bonds. The molecule has 0 atom stereocenters. The van der Waals surface area contributed by atoms with Crippen LogP contribution in [0.3, 0.4) is 0 Å². The van der Waals surface area contributed by atoms with Crippen molar-refractivity contribution < 1.29 is 14.3 Å². The minimum absolute atomic E-state index is 0.0590. The lowest BCUT2D eigenvalue weighted by Crippen LogP contribution is -2.03. The van der Waals surface area contributed by atoms with Crippen LogP contribution >= 0.6 is 0 Å². The van der Waals surface area contributed by atoms with E-state index in [9.17, 15) is 9.59 Å². The molecule has 0 fully saturated rings. The molecule has 3 heteroatoms. The number of rotatable bonds is 5. The summed E-state index contributed by atoms with van der Waals surface area (Å²) in [5, 5.41) is 0. The lowest BCUT2D eigenvalue weighted by Gasteiger charge is -2.07. The van der Waals surface area contributed by atoms with E-state index in [1.54, 1.807) is 48.5 Å². The molecule has 0 radical (unpaired) electrons. The van der Waals surface area contributed by atoms with E-state index in [4.69, 9.17) is 4.74 Å². The molecular formula is C21H16O3. The highest BCUT2D eigenvalue weighted by Gasteiger charge is 2.11. The molecule has 0 spiro atoms. The normalized spacial score (nSPS) is 10.2. The molecule has 0 unspecified atom stereocenters. The maximum absolute atomic E-state index is 12.5. The third kappa shape index (κ3) is 3.58. The van der Waals surface area contributed by atoms with E-state index in [-0.39, 0.29) is 11.6 Å². The van der Waals surface area contributed by atoms with E-state index in [0.29, 0.717) is 22.4 Å². The van der Waals surface area contributed by atoms with Crippen LogP contribution in [-0.4, -0.2) is 11.6 Å². The molecule has 3 aromatic rings. The summed E-state index contributed by atoms with van der Waals surface area (Å²) < 4.78 is 5.71. The first kappa shape index (κ1) is 15.7. The summed E-state index contributed by atoms with van der Waals surface area (Å²) >= 11 is 0. The Hall–Kier alpha value is -3.20. The van der Waals surface area contributed by atoms with Gasteiger partial charge in [0.15, 0.2) is 11.6 Å². The smallest absolute Gasteiger partial charge is 0.193 e. The van der Waals surface area contributed by atoms with E-state index in [0.717, 1.165) is 5.75 Å². The molecule has 0 saturated heterocycles. The first-order valence-electron chi connectivity index (χ1n) is 7.62. The first-order chi connectivity index (χ1) is 11.6. The van der Waals surface area contributed by atoms with E-state index >= 15 is 0 Å². The van der Waals surface area contributed by atoms with Crippen molar-refractivity contribution in [2.75, 3.05) is 0 Å². The molecule has 118 valence electrons. The average molecular weight is 316 g/mol. The van der Waals surface area contributed by atoms with Gasteiger partial charge in [-0.2, -0.15) is 0 Å². The molecular weight excluding hydrogens is 300 g/mol. The fourth-order valence-corrected chi connectivity index (χ4v) is 2.35. The van der Waals surface area contributed by atoms with Crippen LogP contribution in [0.2, 0.25) is 0 Å². The molecule has 0 bridgehead atoms. The number of hydrogen-bond donors (Lipinski definition) is 0. The number of para-hydroxylation sites is 1. The van der Waals surface area contributed by atoms with Gasteiger partial charge in [0.1, 0.15) is 11.5 Å². The van der Waals surface area contributed by atoms with Gasteiger partial charge in [-0.05, 0) is 49.4 Å². The molecule has 0 heterocycles. The van der Waals surface area contributed by atoms with Crippen molar-refractivity contribution in [3.63, 3.8) is 0 Å². The van der Waals surface area contributed by atoms with Gasteiger partial charge >= 0.3 is 0 Å². The topological polar surface area (TPSA) is 43.4 Å². The highest BCUT2D eigenvalue weighted by Crippen LogP contribution is 2.22. The predicted molar refractivity (Wildman–Crippen MR) is 92.8 cm³/mol. The Kier molecular flexibility index (Phi) is 4.52. The van der Waals surface area contributed by atoms with Gasteiger partial charge in [0.2, 0.25) is 0 Å². The highest BCUT2D eigenvalue weighted by atomic mass is 16.5. The van der Waals surface area contributed by atoms with E-state index in [1.807, 2.05) is 30.3 Å². The van der Waals surface area contributed by atoms with Gasteiger partial charge in [0.25, 0.3) is 0 Å². The maximum atomic E-state index is 12.5. The number of ether oxygens (including phenoxy) is 1. The van der Waals surface area contributed by atoms with Crippen LogP contribution in [0.25, 0.3) is 0 Å². The molecule has 0 aliphatic rings. The zero-order chi connectivity index (χ0) is 16.9. The van der Waals surface area contributed by atoms with Crippen LogP contribution < -0.4 is 4.74 Å². The minimum atomic E-state index is -0.121. The summed E-state index contributed by atoms with van der Waals surface area (Å²) in [6.45, 7) is 1.49. The van der Waals surface area contributed by atoms with E-state index in [2.05, 4.69) is 0 Å². The Morgan fingerprint density at radius 1 is 0.667 bits per heavy atom. The maximum Gasteiger partial charge on any atom is 0.193 e.